The normalized spacial score (nSPS) is 26.6. The Morgan fingerprint density at radius 3 is 2.80 bits per heavy atom. The van der Waals surface area contributed by atoms with Crippen LogP contribution in [-0.4, -0.2) is 23.4 Å². The Kier molecular flexibility index (Phi) is 2.30. The first-order valence-corrected chi connectivity index (χ1v) is 3.80. The molecule has 1 aliphatic rings. The Balaban J connectivity index is 2.47. The number of likely N-dealkylation sites (tertiary alicyclic amines) is 1. The summed E-state index contributed by atoms with van der Waals surface area (Å²) in [6.07, 6.45) is 4.37. The highest BCUT2D eigenvalue weighted by molar-refractivity contribution is 5.73. The van der Waals surface area contributed by atoms with Gasteiger partial charge >= 0.3 is 0 Å². The number of rotatable bonds is 0. The van der Waals surface area contributed by atoms with Crippen LogP contribution in [0.15, 0.2) is 0 Å². The molecule has 1 amide bonds. The standard InChI is InChI=1S/C8H14NO/c1-7-5-3-4-6-9(7)8(2)10/h3,7H,4-6H2,1-2H3. The molecule has 0 aromatic carbocycles. The minimum atomic E-state index is 0.209. The van der Waals surface area contributed by atoms with E-state index in [1.54, 1.807) is 6.92 Å². The summed E-state index contributed by atoms with van der Waals surface area (Å²) in [6, 6.07) is 0.422. The van der Waals surface area contributed by atoms with E-state index in [4.69, 9.17) is 0 Å². The van der Waals surface area contributed by atoms with Crippen molar-refractivity contribution in [1.29, 1.82) is 0 Å². The second-order valence-corrected chi connectivity index (χ2v) is 2.87. The summed E-state index contributed by atoms with van der Waals surface area (Å²) in [5.74, 6) is 0.209. The van der Waals surface area contributed by atoms with Crippen molar-refractivity contribution in [2.45, 2.75) is 32.7 Å². The van der Waals surface area contributed by atoms with Gasteiger partial charge in [0.25, 0.3) is 0 Å². The van der Waals surface area contributed by atoms with Gasteiger partial charge in [-0.1, -0.05) is 0 Å². The van der Waals surface area contributed by atoms with Crippen LogP contribution < -0.4 is 0 Å². The van der Waals surface area contributed by atoms with Crippen molar-refractivity contribution in [2.24, 2.45) is 0 Å². The molecule has 2 nitrogen and oxygen atoms in total. The molecule has 0 aromatic heterocycles. The van der Waals surface area contributed by atoms with Gasteiger partial charge in [0.05, 0.1) is 0 Å². The molecule has 57 valence electrons. The van der Waals surface area contributed by atoms with Crippen LogP contribution in [0.4, 0.5) is 0 Å². The zero-order valence-corrected chi connectivity index (χ0v) is 6.63. The van der Waals surface area contributed by atoms with Crippen molar-refractivity contribution < 1.29 is 4.79 Å². The van der Waals surface area contributed by atoms with Crippen LogP contribution in [0.1, 0.15) is 26.7 Å². The van der Waals surface area contributed by atoms with Gasteiger partial charge in [0, 0.05) is 19.5 Å². The molecule has 1 saturated heterocycles. The van der Waals surface area contributed by atoms with Gasteiger partial charge in [0.15, 0.2) is 0 Å². The molecule has 1 rings (SSSR count). The van der Waals surface area contributed by atoms with Crippen molar-refractivity contribution in [1.82, 2.24) is 4.90 Å². The fourth-order valence-corrected chi connectivity index (χ4v) is 1.40. The summed E-state index contributed by atoms with van der Waals surface area (Å²) in [5.41, 5.74) is 0. The average Bonchev–Trinajstić information content (AvgIpc) is 1.88. The van der Waals surface area contributed by atoms with Crippen molar-refractivity contribution in [3.8, 4) is 0 Å². The van der Waals surface area contributed by atoms with Crippen LogP contribution >= 0.6 is 0 Å². The van der Waals surface area contributed by atoms with E-state index in [-0.39, 0.29) is 5.91 Å². The van der Waals surface area contributed by atoms with Gasteiger partial charge in [-0.05, 0) is 26.2 Å². The van der Waals surface area contributed by atoms with Gasteiger partial charge in [-0.15, -0.1) is 0 Å². The monoisotopic (exact) mass is 140 g/mol. The molecule has 10 heavy (non-hydrogen) atoms. The molecule has 0 aliphatic carbocycles. The minimum absolute atomic E-state index is 0.209. The molecule has 1 atom stereocenters. The lowest BCUT2D eigenvalue weighted by molar-refractivity contribution is -0.131. The van der Waals surface area contributed by atoms with Gasteiger partial charge in [0.1, 0.15) is 0 Å². The molecule has 0 saturated carbocycles. The maximum atomic E-state index is 10.9. The molecule has 1 fully saturated rings. The summed E-state index contributed by atoms with van der Waals surface area (Å²) in [6.45, 7) is 4.65. The van der Waals surface area contributed by atoms with Gasteiger partial charge < -0.3 is 4.90 Å². The van der Waals surface area contributed by atoms with Gasteiger partial charge in [-0.3, -0.25) is 4.79 Å². The summed E-state index contributed by atoms with van der Waals surface area (Å²) in [7, 11) is 0. The van der Waals surface area contributed by atoms with E-state index in [0.717, 1.165) is 19.4 Å². The lowest BCUT2D eigenvalue weighted by Gasteiger charge is -2.32. The predicted molar refractivity (Wildman–Crippen MR) is 40.4 cm³/mol. The van der Waals surface area contributed by atoms with E-state index in [1.807, 2.05) is 4.90 Å². The predicted octanol–water partition coefficient (Wildman–Crippen LogP) is 1.22. The first kappa shape index (κ1) is 7.58. The third-order valence-electron chi connectivity index (χ3n) is 2.02. The van der Waals surface area contributed by atoms with Crippen molar-refractivity contribution in [3.63, 3.8) is 0 Å². The van der Waals surface area contributed by atoms with E-state index in [0.29, 0.717) is 6.04 Å². The first-order chi connectivity index (χ1) is 4.72. The lowest BCUT2D eigenvalue weighted by Crippen LogP contribution is -2.40. The lowest BCUT2D eigenvalue weighted by atomic mass is 10.0. The van der Waals surface area contributed by atoms with Crippen molar-refractivity contribution >= 4 is 5.91 Å². The number of piperidine rings is 1. The quantitative estimate of drug-likeness (QED) is 0.495. The molecule has 1 aliphatic heterocycles. The number of hydrogen-bond acceptors (Lipinski definition) is 1. The zero-order valence-electron chi connectivity index (χ0n) is 6.63. The van der Waals surface area contributed by atoms with Crippen LogP contribution in [0, 0.1) is 6.42 Å². The third kappa shape index (κ3) is 1.49. The topological polar surface area (TPSA) is 20.3 Å². The highest BCUT2D eigenvalue weighted by Gasteiger charge is 2.19. The van der Waals surface area contributed by atoms with Crippen LogP contribution in [0.2, 0.25) is 0 Å². The van der Waals surface area contributed by atoms with Crippen LogP contribution in [0.25, 0.3) is 0 Å². The summed E-state index contributed by atoms with van der Waals surface area (Å²) >= 11 is 0. The fourth-order valence-electron chi connectivity index (χ4n) is 1.40. The maximum Gasteiger partial charge on any atom is 0.219 e. The Bertz CT molecular complexity index is 133. The molecule has 1 unspecified atom stereocenters. The summed E-state index contributed by atoms with van der Waals surface area (Å²) < 4.78 is 0. The van der Waals surface area contributed by atoms with Crippen LogP contribution in [0.3, 0.4) is 0 Å². The third-order valence-corrected chi connectivity index (χ3v) is 2.02. The Morgan fingerprint density at radius 2 is 2.40 bits per heavy atom. The smallest absolute Gasteiger partial charge is 0.219 e. The van der Waals surface area contributed by atoms with E-state index in [2.05, 4.69) is 13.3 Å². The largest absolute Gasteiger partial charge is 0.340 e. The molecule has 1 heterocycles. The van der Waals surface area contributed by atoms with Gasteiger partial charge in [-0.2, -0.15) is 0 Å². The average molecular weight is 140 g/mol. The van der Waals surface area contributed by atoms with Gasteiger partial charge in [0.2, 0.25) is 5.91 Å². The van der Waals surface area contributed by atoms with E-state index >= 15 is 0 Å². The molecule has 0 aromatic rings. The van der Waals surface area contributed by atoms with E-state index in [1.165, 1.54) is 0 Å². The highest BCUT2D eigenvalue weighted by Crippen LogP contribution is 2.14. The van der Waals surface area contributed by atoms with Crippen molar-refractivity contribution in [2.75, 3.05) is 6.54 Å². The highest BCUT2D eigenvalue weighted by atomic mass is 16.2. The van der Waals surface area contributed by atoms with Crippen molar-refractivity contribution in [3.05, 3.63) is 6.42 Å². The number of amides is 1. The van der Waals surface area contributed by atoms with E-state index < -0.39 is 0 Å². The Morgan fingerprint density at radius 1 is 1.70 bits per heavy atom. The summed E-state index contributed by atoms with van der Waals surface area (Å²) in [5, 5.41) is 0. The molecular weight excluding hydrogens is 126 g/mol. The maximum absolute atomic E-state index is 10.9. The summed E-state index contributed by atoms with van der Waals surface area (Å²) in [4.78, 5) is 12.9. The number of carbonyl (C=O) groups excluding carboxylic acids is 1. The number of nitrogens with zero attached hydrogens (tertiary/aromatic N) is 1. The molecule has 0 N–H and O–H groups in total. The Labute approximate surface area is 62.2 Å². The number of carbonyl (C=O) groups is 1. The molecular formula is C8H14NO. The second kappa shape index (κ2) is 3.04. The first-order valence-electron chi connectivity index (χ1n) is 3.80. The molecule has 1 radical (unpaired) electrons. The SMILES string of the molecule is CC(=O)N1CC[CH]CC1C. The van der Waals surface area contributed by atoms with Gasteiger partial charge in [-0.25, -0.2) is 0 Å². The molecule has 2 heteroatoms. The fraction of sp³-hybridized carbons (Fsp3) is 0.750. The zero-order chi connectivity index (χ0) is 7.56. The molecule has 0 spiro atoms. The number of hydrogen-bond donors (Lipinski definition) is 0. The van der Waals surface area contributed by atoms with Crippen LogP contribution in [-0.2, 0) is 4.79 Å². The van der Waals surface area contributed by atoms with E-state index in [9.17, 15) is 4.79 Å². The van der Waals surface area contributed by atoms with Crippen LogP contribution in [0.5, 0.6) is 0 Å². The minimum Gasteiger partial charge on any atom is -0.340 e. The molecule has 0 bridgehead atoms. The second-order valence-electron chi connectivity index (χ2n) is 2.87. The Hall–Kier alpha value is -0.530.